The summed E-state index contributed by atoms with van der Waals surface area (Å²) >= 11 is 0. The van der Waals surface area contributed by atoms with Crippen LogP contribution in [0.5, 0.6) is 0 Å². The highest BCUT2D eigenvalue weighted by Crippen LogP contribution is 2.34. The van der Waals surface area contributed by atoms with Crippen LogP contribution in [0.3, 0.4) is 0 Å². The van der Waals surface area contributed by atoms with Gasteiger partial charge in [0.05, 0.1) is 5.52 Å². The van der Waals surface area contributed by atoms with Crippen LogP contribution in [-0.4, -0.2) is 24.0 Å². The lowest BCUT2D eigenvalue weighted by molar-refractivity contribution is 0.100. The Morgan fingerprint density at radius 1 is 0.923 bits per heavy atom. The Hall–Kier alpha value is -2.98. The number of benzene rings is 2. The second-order valence-corrected chi connectivity index (χ2v) is 6.55. The monoisotopic (exact) mass is 343 g/mol. The summed E-state index contributed by atoms with van der Waals surface area (Å²) in [6.45, 7) is 1.97. The van der Waals surface area contributed by atoms with Crippen molar-refractivity contribution in [3.05, 3.63) is 83.1 Å². The van der Waals surface area contributed by atoms with Crippen molar-refractivity contribution in [2.24, 2.45) is 5.73 Å². The molecule has 2 aromatic carbocycles. The van der Waals surface area contributed by atoms with E-state index in [1.807, 2.05) is 24.4 Å². The van der Waals surface area contributed by atoms with Crippen LogP contribution < -0.4 is 11.1 Å². The number of nitrogens with one attached hydrogen (secondary N) is 1. The molecule has 1 amide bonds. The number of para-hydroxylation sites is 1. The minimum atomic E-state index is -0.403. The number of nitrogens with two attached hydrogens (primary N) is 1. The predicted octanol–water partition coefficient (Wildman–Crippen LogP) is 3.52. The number of nitrogens with zero attached hydrogens (tertiary/aromatic N) is 1. The lowest BCUT2D eigenvalue weighted by atomic mass is 9.87. The van der Waals surface area contributed by atoms with E-state index in [0.29, 0.717) is 5.56 Å². The molecule has 0 radical (unpaired) electrons. The highest BCUT2D eigenvalue weighted by Gasteiger charge is 2.17. The van der Waals surface area contributed by atoms with Gasteiger partial charge < -0.3 is 11.1 Å². The molecule has 4 rings (SSSR count). The van der Waals surface area contributed by atoms with Crippen LogP contribution in [0, 0.1) is 0 Å². The molecule has 130 valence electrons. The van der Waals surface area contributed by atoms with Crippen molar-refractivity contribution >= 4 is 22.4 Å². The van der Waals surface area contributed by atoms with Gasteiger partial charge in [0.15, 0.2) is 0 Å². The van der Waals surface area contributed by atoms with E-state index in [-0.39, 0.29) is 0 Å². The number of aromatic nitrogens is 1. The number of hydrogen-bond donors (Lipinski definition) is 2. The zero-order valence-corrected chi connectivity index (χ0v) is 14.5. The number of fused-ring (bicyclic) bond motifs is 1. The Labute approximate surface area is 152 Å². The lowest BCUT2D eigenvalue weighted by Crippen LogP contribution is -2.24. The quantitative estimate of drug-likeness (QED) is 0.764. The van der Waals surface area contributed by atoms with Gasteiger partial charge >= 0.3 is 0 Å². The summed E-state index contributed by atoms with van der Waals surface area (Å²) in [5, 5.41) is 4.55. The van der Waals surface area contributed by atoms with Crippen LogP contribution in [0.1, 0.15) is 34.3 Å². The maximum absolute atomic E-state index is 11.4. The summed E-state index contributed by atoms with van der Waals surface area (Å²) in [7, 11) is 0. The van der Waals surface area contributed by atoms with Gasteiger partial charge in [-0.1, -0.05) is 42.0 Å². The Kier molecular flexibility index (Phi) is 4.50. The first-order valence-electron chi connectivity index (χ1n) is 8.91. The number of pyridine rings is 1. The zero-order chi connectivity index (χ0) is 17.9. The summed E-state index contributed by atoms with van der Waals surface area (Å²) in [4.78, 5) is 16.1. The van der Waals surface area contributed by atoms with Crippen LogP contribution in [0.15, 0.2) is 66.4 Å². The van der Waals surface area contributed by atoms with Crippen molar-refractivity contribution in [3.63, 3.8) is 0 Å². The molecule has 3 aromatic rings. The second-order valence-electron chi connectivity index (χ2n) is 6.55. The number of piperidine rings is 1. The molecule has 0 aliphatic carbocycles. The molecule has 1 aliphatic rings. The topological polar surface area (TPSA) is 68.0 Å². The molecule has 26 heavy (non-hydrogen) atoms. The van der Waals surface area contributed by atoms with E-state index in [0.717, 1.165) is 48.0 Å². The van der Waals surface area contributed by atoms with Gasteiger partial charge in [-0.25, -0.2) is 0 Å². The molecule has 4 heteroatoms. The van der Waals surface area contributed by atoms with Crippen molar-refractivity contribution in [1.82, 2.24) is 10.3 Å². The molecule has 0 bridgehead atoms. The van der Waals surface area contributed by atoms with Gasteiger partial charge in [-0.2, -0.15) is 0 Å². The predicted molar refractivity (Wildman–Crippen MR) is 105 cm³/mol. The largest absolute Gasteiger partial charge is 0.366 e. The molecule has 0 saturated carbocycles. The molecule has 0 spiro atoms. The Balaban J connectivity index is 1.93. The molecule has 3 N–H and O–H groups in total. The summed E-state index contributed by atoms with van der Waals surface area (Å²) in [5.41, 5.74) is 11.8. The van der Waals surface area contributed by atoms with Crippen molar-refractivity contribution in [3.8, 4) is 0 Å². The molecule has 1 fully saturated rings. The molecule has 1 aromatic heterocycles. The number of amides is 1. The summed E-state index contributed by atoms with van der Waals surface area (Å²) < 4.78 is 0. The van der Waals surface area contributed by atoms with Crippen molar-refractivity contribution in [1.29, 1.82) is 0 Å². The molecule has 0 atom stereocenters. The molecule has 4 nitrogen and oxygen atoms in total. The summed E-state index contributed by atoms with van der Waals surface area (Å²) in [6.07, 6.45) is 3.86. The van der Waals surface area contributed by atoms with E-state index < -0.39 is 5.91 Å². The van der Waals surface area contributed by atoms with Crippen molar-refractivity contribution in [2.45, 2.75) is 12.8 Å². The third kappa shape index (κ3) is 3.11. The number of rotatable bonds is 3. The Bertz CT molecular complexity index is 976. The standard InChI is InChI=1S/C22H21N3O/c23-22(26)18-8-6-15(7-9-18)20(16-10-13-24-14-11-16)19-5-1-3-17-4-2-12-25-21(17)19/h1-9,12,24H,10-11,13-14H2,(H2,23,26). The van der Waals surface area contributed by atoms with Gasteiger partial charge in [-0.15, -0.1) is 0 Å². The SMILES string of the molecule is NC(=O)c1ccc(C(=C2CCNCC2)c2cccc3cccnc23)cc1. The van der Waals surface area contributed by atoms with Crippen LogP contribution in [0.2, 0.25) is 0 Å². The van der Waals surface area contributed by atoms with Crippen molar-refractivity contribution in [2.75, 3.05) is 13.1 Å². The zero-order valence-electron chi connectivity index (χ0n) is 14.5. The van der Waals surface area contributed by atoms with E-state index >= 15 is 0 Å². The van der Waals surface area contributed by atoms with E-state index in [2.05, 4.69) is 34.6 Å². The van der Waals surface area contributed by atoms with Gasteiger partial charge in [-0.3, -0.25) is 9.78 Å². The molecule has 2 heterocycles. The highest BCUT2D eigenvalue weighted by molar-refractivity contribution is 5.97. The average molecular weight is 343 g/mol. The Morgan fingerprint density at radius 2 is 1.62 bits per heavy atom. The summed E-state index contributed by atoms with van der Waals surface area (Å²) in [6, 6.07) is 18.0. The van der Waals surface area contributed by atoms with Crippen molar-refractivity contribution < 1.29 is 4.79 Å². The first-order chi connectivity index (χ1) is 12.7. The summed E-state index contributed by atoms with van der Waals surface area (Å²) in [5.74, 6) is -0.403. The first kappa shape index (κ1) is 16.5. The van der Waals surface area contributed by atoms with Gasteiger partial charge in [-0.05, 0) is 55.3 Å². The first-order valence-corrected chi connectivity index (χ1v) is 8.91. The van der Waals surface area contributed by atoms with E-state index in [9.17, 15) is 4.79 Å². The van der Waals surface area contributed by atoms with Crippen LogP contribution in [0.4, 0.5) is 0 Å². The molecule has 1 aliphatic heterocycles. The average Bonchev–Trinajstić information content (AvgIpc) is 2.70. The van der Waals surface area contributed by atoms with Crippen LogP contribution in [0.25, 0.3) is 16.5 Å². The van der Waals surface area contributed by atoms with E-state index in [1.165, 1.54) is 11.1 Å². The molecule has 1 saturated heterocycles. The molecule has 0 unspecified atom stereocenters. The van der Waals surface area contributed by atoms with E-state index in [4.69, 9.17) is 5.73 Å². The third-order valence-electron chi connectivity index (χ3n) is 4.92. The van der Waals surface area contributed by atoms with Crippen LogP contribution in [-0.2, 0) is 0 Å². The maximum atomic E-state index is 11.4. The smallest absolute Gasteiger partial charge is 0.248 e. The minimum absolute atomic E-state index is 0.403. The number of hydrogen-bond acceptors (Lipinski definition) is 3. The van der Waals surface area contributed by atoms with Gasteiger partial charge in [0.25, 0.3) is 0 Å². The fourth-order valence-corrected chi connectivity index (χ4v) is 3.64. The van der Waals surface area contributed by atoms with Gasteiger partial charge in [0, 0.05) is 22.7 Å². The molecular formula is C22H21N3O. The third-order valence-corrected chi connectivity index (χ3v) is 4.92. The normalized spacial score (nSPS) is 14.4. The Morgan fingerprint density at radius 3 is 2.35 bits per heavy atom. The lowest BCUT2D eigenvalue weighted by Gasteiger charge is -2.22. The van der Waals surface area contributed by atoms with Gasteiger partial charge in [0.1, 0.15) is 0 Å². The minimum Gasteiger partial charge on any atom is -0.366 e. The second kappa shape index (κ2) is 7.10. The van der Waals surface area contributed by atoms with E-state index in [1.54, 1.807) is 12.1 Å². The van der Waals surface area contributed by atoms with Crippen LogP contribution >= 0.6 is 0 Å². The molecular weight excluding hydrogens is 322 g/mol. The highest BCUT2D eigenvalue weighted by atomic mass is 16.1. The maximum Gasteiger partial charge on any atom is 0.248 e. The fraction of sp³-hybridized carbons (Fsp3) is 0.182. The number of carbonyl (C=O) groups excluding carboxylic acids is 1. The number of carbonyl (C=O) groups is 1. The fourth-order valence-electron chi connectivity index (χ4n) is 3.64. The van der Waals surface area contributed by atoms with Gasteiger partial charge in [0.2, 0.25) is 5.91 Å². The number of primary amides is 1.